The summed E-state index contributed by atoms with van der Waals surface area (Å²) in [7, 11) is 0. The third-order valence-electron chi connectivity index (χ3n) is 3.29. The van der Waals surface area contributed by atoms with E-state index in [0.29, 0.717) is 0 Å². The Morgan fingerprint density at radius 3 is 3.16 bits per heavy atom. The highest BCUT2D eigenvalue weighted by molar-refractivity contribution is 7.22. The van der Waals surface area contributed by atoms with Crippen LogP contribution < -0.4 is 4.90 Å². The third kappa shape index (κ3) is 2.02. The zero-order valence-corrected chi connectivity index (χ0v) is 12.4. The highest BCUT2D eigenvalue weighted by atomic mass is 35.5. The molecular formula is C13H10ClN3S2. The second-order valence-corrected chi connectivity index (χ2v) is 7.29. The molecule has 0 bridgehead atoms. The van der Waals surface area contributed by atoms with Gasteiger partial charge in [0.25, 0.3) is 0 Å². The lowest BCUT2D eigenvalue weighted by atomic mass is 10.1. The molecule has 0 N–H and O–H groups in total. The third-order valence-corrected chi connectivity index (χ3v) is 5.75. The lowest BCUT2D eigenvalue weighted by Crippen LogP contribution is -2.29. The van der Waals surface area contributed by atoms with Crippen molar-refractivity contribution in [3.8, 4) is 0 Å². The molecule has 0 spiro atoms. The van der Waals surface area contributed by atoms with Crippen LogP contribution in [-0.2, 0) is 13.0 Å². The number of halogens is 1. The molecule has 3 nitrogen and oxygen atoms in total. The maximum atomic E-state index is 6.09. The molecule has 96 valence electrons. The van der Waals surface area contributed by atoms with Gasteiger partial charge in [-0.15, -0.1) is 11.3 Å². The normalized spacial score (nSPS) is 14.9. The molecule has 0 unspecified atom stereocenters. The van der Waals surface area contributed by atoms with Gasteiger partial charge in [-0.3, -0.25) is 4.98 Å². The summed E-state index contributed by atoms with van der Waals surface area (Å²) in [6, 6.07) is 4.11. The highest BCUT2D eigenvalue weighted by Crippen LogP contribution is 2.35. The number of pyridine rings is 1. The average Bonchev–Trinajstić information content (AvgIpc) is 2.99. The molecule has 0 fully saturated rings. The van der Waals surface area contributed by atoms with Crippen molar-refractivity contribution in [2.75, 3.05) is 11.4 Å². The van der Waals surface area contributed by atoms with Crippen LogP contribution in [0.3, 0.4) is 0 Å². The fourth-order valence-corrected chi connectivity index (χ4v) is 4.62. The van der Waals surface area contributed by atoms with Gasteiger partial charge in [0.2, 0.25) is 0 Å². The van der Waals surface area contributed by atoms with Crippen molar-refractivity contribution < 1.29 is 0 Å². The van der Waals surface area contributed by atoms with Crippen molar-refractivity contribution in [3.05, 3.63) is 39.3 Å². The van der Waals surface area contributed by atoms with Gasteiger partial charge in [0.15, 0.2) is 5.13 Å². The predicted octanol–water partition coefficient (Wildman–Crippen LogP) is 3.97. The zero-order valence-electron chi connectivity index (χ0n) is 9.97. The van der Waals surface area contributed by atoms with Crippen LogP contribution in [0.2, 0.25) is 4.34 Å². The van der Waals surface area contributed by atoms with E-state index in [1.807, 2.05) is 18.5 Å². The van der Waals surface area contributed by atoms with Gasteiger partial charge in [-0.2, -0.15) is 0 Å². The number of fused-ring (bicyclic) bond motifs is 2. The number of hydrogen-bond acceptors (Lipinski definition) is 5. The summed E-state index contributed by atoms with van der Waals surface area (Å²) < 4.78 is 2.08. The molecule has 3 aromatic heterocycles. The fourth-order valence-electron chi connectivity index (χ4n) is 2.36. The summed E-state index contributed by atoms with van der Waals surface area (Å²) >= 11 is 9.52. The SMILES string of the molecule is Clc1cc2c(s1)CCN(c1nc3cnccc3s1)C2. The van der Waals surface area contributed by atoms with Crippen molar-refractivity contribution in [3.63, 3.8) is 0 Å². The first-order valence-electron chi connectivity index (χ1n) is 6.02. The quantitative estimate of drug-likeness (QED) is 0.681. The topological polar surface area (TPSA) is 29.0 Å². The summed E-state index contributed by atoms with van der Waals surface area (Å²) in [5, 5.41) is 1.08. The number of thiazole rings is 1. The number of anilines is 1. The van der Waals surface area contributed by atoms with Gasteiger partial charge in [-0.25, -0.2) is 4.98 Å². The molecule has 0 radical (unpaired) electrons. The standard InChI is InChI=1S/C13H10ClN3S2/c14-12-5-8-7-17(4-2-10(8)18-12)13-16-9-6-15-3-1-11(9)19-13/h1,3,5-6H,2,4,7H2. The van der Waals surface area contributed by atoms with Crippen molar-refractivity contribution in [1.29, 1.82) is 0 Å². The van der Waals surface area contributed by atoms with Crippen LogP contribution in [0.15, 0.2) is 24.5 Å². The molecule has 0 aliphatic carbocycles. The molecule has 0 saturated carbocycles. The smallest absolute Gasteiger partial charge is 0.186 e. The van der Waals surface area contributed by atoms with Crippen molar-refractivity contribution in [2.24, 2.45) is 0 Å². The first-order valence-corrected chi connectivity index (χ1v) is 8.03. The molecule has 6 heteroatoms. The molecule has 1 aliphatic rings. The predicted molar refractivity (Wildman–Crippen MR) is 81.5 cm³/mol. The van der Waals surface area contributed by atoms with Gasteiger partial charge >= 0.3 is 0 Å². The van der Waals surface area contributed by atoms with E-state index in [9.17, 15) is 0 Å². The van der Waals surface area contributed by atoms with E-state index in [1.165, 1.54) is 15.1 Å². The Hall–Kier alpha value is -1.17. The van der Waals surface area contributed by atoms with E-state index >= 15 is 0 Å². The van der Waals surface area contributed by atoms with E-state index in [2.05, 4.69) is 20.9 Å². The summed E-state index contributed by atoms with van der Waals surface area (Å²) in [6.07, 6.45) is 4.70. The molecule has 4 rings (SSSR count). The minimum atomic E-state index is 0.889. The molecule has 0 atom stereocenters. The van der Waals surface area contributed by atoms with Gasteiger partial charge in [0.05, 0.1) is 15.2 Å². The molecule has 1 aliphatic heterocycles. The molecule has 0 saturated heterocycles. The molecule has 4 heterocycles. The lowest BCUT2D eigenvalue weighted by Gasteiger charge is -2.26. The largest absolute Gasteiger partial charge is 0.343 e. The Morgan fingerprint density at radius 1 is 1.32 bits per heavy atom. The summed E-state index contributed by atoms with van der Waals surface area (Å²) in [6.45, 7) is 1.92. The van der Waals surface area contributed by atoms with Crippen molar-refractivity contribution in [2.45, 2.75) is 13.0 Å². The first kappa shape index (κ1) is 11.6. The maximum Gasteiger partial charge on any atom is 0.186 e. The Labute approximate surface area is 123 Å². The minimum Gasteiger partial charge on any atom is -0.343 e. The van der Waals surface area contributed by atoms with E-state index in [1.54, 1.807) is 22.7 Å². The van der Waals surface area contributed by atoms with Crippen LogP contribution in [0.4, 0.5) is 5.13 Å². The van der Waals surface area contributed by atoms with Crippen LogP contribution in [-0.4, -0.2) is 16.5 Å². The molecule has 0 amide bonds. The molecular weight excluding hydrogens is 298 g/mol. The highest BCUT2D eigenvalue weighted by Gasteiger charge is 2.21. The summed E-state index contributed by atoms with van der Waals surface area (Å²) in [5.41, 5.74) is 2.33. The Bertz CT molecular complexity index is 716. The van der Waals surface area contributed by atoms with Crippen LogP contribution in [0.25, 0.3) is 10.2 Å². The second-order valence-electron chi connectivity index (χ2n) is 4.51. The molecule has 0 aromatic carbocycles. The number of rotatable bonds is 1. The van der Waals surface area contributed by atoms with Crippen molar-refractivity contribution >= 4 is 49.6 Å². The minimum absolute atomic E-state index is 0.889. The van der Waals surface area contributed by atoms with Gasteiger partial charge in [0.1, 0.15) is 5.52 Å². The Morgan fingerprint density at radius 2 is 2.26 bits per heavy atom. The van der Waals surface area contributed by atoms with Gasteiger partial charge in [-0.05, 0) is 24.1 Å². The van der Waals surface area contributed by atoms with Crippen LogP contribution in [0.1, 0.15) is 10.4 Å². The molecule has 3 aromatic rings. The zero-order chi connectivity index (χ0) is 12.8. The van der Waals surface area contributed by atoms with Crippen LogP contribution in [0, 0.1) is 0 Å². The Kier molecular flexibility index (Phi) is 2.72. The van der Waals surface area contributed by atoms with Gasteiger partial charge < -0.3 is 4.90 Å². The lowest BCUT2D eigenvalue weighted by molar-refractivity contribution is 0.741. The Balaban J connectivity index is 1.70. The van der Waals surface area contributed by atoms with Crippen LogP contribution in [0.5, 0.6) is 0 Å². The average molecular weight is 308 g/mol. The van der Waals surface area contributed by atoms with E-state index in [0.717, 1.165) is 34.5 Å². The monoisotopic (exact) mass is 307 g/mol. The van der Waals surface area contributed by atoms with E-state index < -0.39 is 0 Å². The number of hydrogen-bond donors (Lipinski definition) is 0. The van der Waals surface area contributed by atoms with E-state index in [-0.39, 0.29) is 0 Å². The molecule has 19 heavy (non-hydrogen) atoms. The number of nitrogens with zero attached hydrogens (tertiary/aromatic N) is 3. The van der Waals surface area contributed by atoms with Gasteiger partial charge in [-0.1, -0.05) is 22.9 Å². The number of thiophene rings is 1. The maximum absolute atomic E-state index is 6.09. The van der Waals surface area contributed by atoms with Gasteiger partial charge in [0, 0.05) is 24.2 Å². The van der Waals surface area contributed by atoms with Crippen LogP contribution >= 0.6 is 34.3 Å². The summed E-state index contributed by atoms with van der Waals surface area (Å²) in [5.74, 6) is 0. The van der Waals surface area contributed by atoms with Crippen molar-refractivity contribution in [1.82, 2.24) is 9.97 Å². The first-order chi connectivity index (χ1) is 9.29. The summed E-state index contributed by atoms with van der Waals surface area (Å²) in [4.78, 5) is 12.5. The van der Waals surface area contributed by atoms with E-state index in [4.69, 9.17) is 11.6 Å². The second kappa shape index (κ2) is 4.44. The number of aromatic nitrogens is 2. The fraction of sp³-hybridized carbons (Fsp3) is 0.231.